The summed E-state index contributed by atoms with van der Waals surface area (Å²) < 4.78 is 34.4. The van der Waals surface area contributed by atoms with Crippen molar-refractivity contribution >= 4 is 107 Å². The molecular formula is C56H87IN10NpO19SY-2. The minimum Gasteiger partial charge on any atom is -0.569 e. The Bertz CT molecular complexity index is 2560. The smallest absolute Gasteiger partial charge is 0.367 e. The van der Waals surface area contributed by atoms with Crippen LogP contribution in [0.4, 0.5) is 10.5 Å². The number of carbonyl (C=O) groups excluding carboxylic acids is 12. The van der Waals surface area contributed by atoms with E-state index in [4.69, 9.17) is 30.3 Å². The standard InChI is InChI=1S/C35H46IN7O10.C10H13N3O7S.C4H10O.C4H9.C2H6.CH3O.Np.Y/c1-2-3-9-29(46)42-26(33(50)37-16-17-44)14-15-28(45)38-19-30(47)39-20-32(49)43-27(18-23-7-5-4-6-8-23)34(51)40-21-31(48)41-25-12-10-24(11-13-25)22-53-35(36)52;11-10(17)6(5-21(18,19)20)12-7(14)3-4-13-8(15)1-2-9(13)16;1-2-3-4-5;1-3-4-2;2*1-2;;/h4-8,10-13,26-27,44H,2-3,9,14-22H2,1H3,(H,37,50)(H,38,45)(H,39,47)(H,40,51)(H,41,48)(H,42,46)(H,43,49);1-2,6H,3-5H2,(H2,11,17)(H,12,14)(H,18,19,20);5H,2-4H2,1H3;1,3-4H2,2H3;1-2H3;2H,1H2;;/q;;;-1;;-1;;/t26?,27-;;;;;;;/m0......./s1. The van der Waals surface area contributed by atoms with Crippen LogP contribution in [0.15, 0.2) is 66.7 Å². The molecule has 0 saturated carbocycles. The number of aliphatic hydroxyl groups is 3. The average molecular weight is 1690 g/mol. The van der Waals surface area contributed by atoms with Crippen LogP contribution in [0.25, 0.3) is 0 Å². The fraction of sp³-hybridized carbons (Fsp3) is 0.500. The Labute approximate surface area is 582 Å². The van der Waals surface area contributed by atoms with Gasteiger partial charge in [0.25, 0.3) is 21.9 Å². The fourth-order valence-corrected chi connectivity index (χ4v) is 7.10. The van der Waals surface area contributed by atoms with Gasteiger partial charge in [0.05, 0.1) is 48.8 Å². The number of halogens is 1. The van der Waals surface area contributed by atoms with Crippen LogP contribution < -0.4 is 48.3 Å². The second-order valence-corrected chi connectivity index (χ2v) is 20.1. The summed E-state index contributed by atoms with van der Waals surface area (Å²) in [5.74, 6) is -8.18. The summed E-state index contributed by atoms with van der Waals surface area (Å²) in [4.78, 5) is 144. The fourth-order valence-electron chi connectivity index (χ4n) is 6.28. The molecule has 0 bridgehead atoms. The molecule has 33 heteroatoms. The molecule has 0 aliphatic carbocycles. The van der Waals surface area contributed by atoms with Crippen LogP contribution in [0.3, 0.4) is 0 Å². The minimum atomic E-state index is -4.51. The molecule has 29 nitrogen and oxygen atoms in total. The minimum absolute atomic E-state index is 0. The SMILES string of the molecule is CC.CCCCC(=O)NC(CCC(=O)NCC(=O)NCC(=O)N[C@@H](Cc1ccccc1)C(=O)NCC(=O)Nc1ccc(COC(=O)I)cc1)C(=O)NCCO.CCCCO.NC(=O)C(CS(=O)(=O)O)NC(=O)CCN1C(=O)C=CC1=O.[CH2-]CCC.[CH2-]O.[Np].[Y]. The van der Waals surface area contributed by atoms with Crippen molar-refractivity contribution in [3.05, 3.63) is 91.9 Å². The van der Waals surface area contributed by atoms with E-state index in [1.807, 2.05) is 26.1 Å². The summed E-state index contributed by atoms with van der Waals surface area (Å²) in [5.41, 5.74) is 6.79. The van der Waals surface area contributed by atoms with Crippen molar-refractivity contribution in [2.75, 3.05) is 57.0 Å². The molecule has 0 fully saturated rings. The van der Waals surface area contributed by atoms with Crippen LogP contribution in [0, 0.1) is 44.0 Å². The van der Waals surface area contributed by atoms with Crippen LogP contribution in [-0.2, 0) is 113 Å². The summed E-state index contributed by atoms with van der Waals surface area (Å²) in [6, 6.07) is 11.7. The molecule has 1 aliphatic heterocycles. The number of anilines is 1. The van der Waals surface area contributed by atoms with Gasteiger partial charge in [0, 0.05) is 126 Å². The number of unbranched alkanes of at least 4 members (excludes halogenated alkanes) is 3. The molecule has 11 amide bonds. The molecule has 1 aliphatic rings. The van der Waals surface area contributed by atoms with Crippen LogP contribution in [0.5, 0.6) is 0 Å². The Morgan fingerprint density at radius 2 is 1.15 bits per heavy atom. The van der Waals surface area contributed by atoms with Gasteiger partial charge in [-0.2, -0.15) is 14.8 Å². The Morgan fingerprint density at radius 3 is 1.64 bits per heavy atom. The second kappa shape index (κ2) is 57.8. The second-order valence-electron chi connectivity index (χ2n) is 17.7. The van der Waals surface area contributed by atoms with Gasteiger partial charge in [-0.1, -0.05) is 96.3 Å². The number of amides is 11. The number of hydrogen-bond acceptors (Lipinski definition) is 18. The maximum absolute atomic E-state index is 13.1. The Hall–Kier alpha value is -5.34. The molecule has 1 heterocycles. The number of ether oxygens (including phenoxy) is 1. The molecule has 2 radical (unpaired) electrons. The monoisotopic (exact) mass is 1690 g/mol. The number of aliphatic hydroxyl groups excluding tert-OH is 3. The zero-order valence-corrected chi connectivity index (χ0v) is 60.4. The first kappa shape index (κ1) is 92.4. The molecular weight excluding hydrogens is 1600 g/mol. The van der Waals surface area contributed by atoms with Crippen molar-refractivity contribution in [2.24, 2.45) is 5.73 Å². The van der Waals surface area contributed by atoms with E-state index >= 15 is 0 Å². The molecule has 0 saturated heterocycles. The zero-order valence-electron chi connectivity index (χ0n) is 50.9. The molecule has 2 unspecified atom stereocenters. The van der Waals surface area contributed by atoms with Crippen molar-refractivity contribution in [2.45, 2.75) is 130 Å². The normalized spacial score (nSPS) is 11.6. The maximum atomic E-state index is 13.1. The number of imide groups is 1. The van der Waals surface area contributed by atoms with Gasteiger partial charge in [-0.05, 0) is 42.5 Å². The summed E-state index contributed by atoms with van der Waals surface area (Å²) in [6.07, 6.45) is 7.54. The molecule has 3 rings (SSSR count). The predicted molar refractivity (Wildman–Crippen MR) is 330 cm³/mol. The van der Waals surface area contributed by atoms with Gasteiger partial charge in [-0.25, -0.2) is 11.9 Å². The molecule has 2 aromatic carbocycles. The van der Waals surface area contributed by atoms with Crippen LogP contribution in [-0.4, -0.2) is 172 Å². The predicted octanol–water partition coefficient (Wildman–Crippen LogP) is 1.07. The largest absolute Gasteiger partial charge is 0.569 e. The van der Waals surface area contributed by atoms with Gasteiger partial charge >= 0.3 is 3.98 Å². The van der Waals surface area contributed by atoms with Crippen molar-refractivity contribution < 1.29 is 153 Å². The Balaban J connectivity index is -0.000000536. The number of nitrogens with zero attached hydrogens (tertiary/aromatic N) is 1. The molecule has 0 spiro atoms. The summed E-state index contributed by atoms with van der Waals surface area (Å²) in [7, 11) is -2.26. The van der Waals surface area contributed by atoms with Gasteiger partial charge in [0.15, 0.2) is 0 Å². The summed E-state index contributed by atoms with van der Waals surface area (Å²) in [5, 5.41) is 43.3. The quantitative estimate of drug-likeness (QED) is 0.0156. The van der Waals surface area contributed by atoms with E-state index in [0.717, 1.165) is 53.9 Å². The third-order valence-corrected chi connectivity index (χ3v) is 11.8. The van der Waals surface area contributed by atoms with Crippen LogP contribution in [0.1, 0.15) is 110 Å². The van der Waals surface area contributed by atoms with E-state index < -0.39 is 117 Å². The topological polar surface area (TPSA) is 455 Å². The zero-order chi connectivity index (χ0) is 66.8. The molecule has 0 aromatic heterocycles. The van der Waals surface area contributed by atoms with Gasteiger partial charge in [0.2, 0.25) is 53.2 Å². The van der Waals surface area contributed by atoms with Gasteiger partial charge in [-0.15, -0.1) is 0 Å². The first-order valence-corrected chi connectivity index (χ1v) is 30.3. The molecule has 89 heavy (non-hydrogen) atoms. The maximum Gasteiger partial charge on any atom is 0.367 e. The van der Waals surface area contributed by atoms with Crippen molar-refractivity contribution in [3.8, 4) is 0 Å². The first-order chi connectivity index (χ1) is 41.3. The van der Waals surface area contributed by atoms with Crippen LogP contribution in [0.2, 0.25) is 0 Å². The van der Waals surface area contributed by atoms with Crippen molar-refractivity contribution in [3.63, 3.8) is 0 Å². The number of carbonyl (C=O) groups is 12. The third-order valence-electron chi connectivity index (χ3n) is 10.7. The van der Waals surface area contributed by atoms with Crippen LogP contribution >= 0.6 is 22.6 Å². The van der Waals surface area contributed by atoms with Gasteiger partial charge < -0.3 is 75.2 Å². The number of rotatable bonds is 33. The summed E-state index contributed by atoms with van der Waals surface area (Å²) >= 11 is 1.52. The van der Waals surface area contributed by atoms with E-state index in [1.165, 1.54) is 29.0 Å². The van der Waals surface area contributed by atoms with E-state index in [1.54, 1.807) is 54.6 Å². The number of hydrogen-bond donors (Lipinski definition) is 13. The van der Waals surface area contributed by atoms with E-state index in [9.17, 15) is 66.0 Å². The third kappa shape index (κ3) is 50.0. The first-order valence-electron chi connectivity index (χ1n) is 27.7. The average Bonchev–Trinajstić information content (AvgIpc) is 4.13. The van der Waals surface area contributed by atoms with Gasteiger partial charge in [0.1, 0.15) is 30.5 Å². The van der Waals surface area contributed by atoms with E-state index in [-0.39, 0.29) is 127 Å². The number of nitrogens with one attached hydrogen (secondary N) is 8. The number of benzene rings is 2. The number of primary amides is 1. The van der Waals surface area contributed by atoms with Crippen molar-refractivity contribution in [1.82, 2.24) is 42.1 Å². The molecule has 3 atom stereocenters. The van der Waals surface area contributed by atoms with Gasteiger partial charge in [-0.3, -0.25) is 62.2 Å². The Morgan fingerprint density at radius 1 is 0.640 bits per heavy atom. The van der Waals surface area contributed by atoms with E-state index in [2.05, 4.69) is 65.1 Å². The Kier molecular flexibility index (Phi) is 60.0. The molecule has 498 valence electrons. The van der Waals surface area contributed by atoms with Crippen molar-refractivity contribution in [1.29, 1.82) is 0 Å². The van der Waals surface area contributed by atoms with E-state index in [0.29, 0.717) is 18.7 Å². The summed E-state index contributed by atoms with van der Waals surface area (Å²) in [6.45, 7) is 12.2. The molecule has 2 aromatic rings. The molecule has 14 N–H and O–H groups in total. The number of nitrogens with two attached hydrogens (primary N) is 1.